The normalized spacial score (nSPS) is 13.2. The standard InChI is InChI=1S/C112H223N17O12/c1-27-35-42-48-59-126(60-49-43-36-28-2)81-83-128(63-52-46-39-31-5)85-87-140-104(134)54-65-116(17)69-71-120(21)74-78-122(23)102(132)91-97(106(136)112(13,14)95-99(109(139)125(26)79-75-119(20)68-58-114-16)90-101(131)111(11,12)94-98(107(137)115-56-41-33-7)92-103(133)123(24)77-73-118(19)67-57-113-15)93-110(9,10)100(130)89-96(34-8)108(138)124(25)80-76-121(22)72-70-117(18)66-55-105(135)141-88-86-129(64-53-47-40-32-6)84-82-127(61-50-44-37-29-3)62-51-45-38-30-4/h96-99,113-114H,27-95H2,1-26H3,(H,115,137). The van der Waals surface area contributed by atoms with E-state index in [1.54, 1.807) is 89.3 Å². The second kappa shape index (κ2) is 82.7. The van der Waals surface area contributed by atoms with Gasteiger partial charge in [0, 0.05) is 257 Å². The number of ketones is 3. The van der Waals surface area contributed by atoms with Gasteiger partial charge in [0.25, 0.3) is 0 Å². The third-order valence-corrected chi connectivity index (χ3v) is 29.2. The second-order valence-corrected chi connectivity index (χ2v) is 44.0. The van der Waals surface area contributed by atoms with Crippen LogP contribution in [0, 0.1) is 39.9 Å². The van der Waals surface area contributed by atoms with E-state index >= 15 is 24.0 Å². The van der Waals surface area contributed by atoms with E-state index in [2.05, 4.69) is 106 Å². The number of esters is 2. The smallest absolute Gasteiger partial charge is 0.307 e. The van der Waals surface area contributed by atoms with E-state index < -0.39 is 39.9 Å². The fraction of sp³-hybridized carbons (Fsp3) is 0.911. The van der Waals surface area contributed by atoms with E-state index in [1.807, 2.05) is 70.2 Å². The molecule has 828 valence electrons. The molecule has 0 bridgehead atoms. The van der Waals surface area contributed by atoms with Crippen LogP contribution in [0.1, 0.15) is 328 Å². The van der Waals surface area contributed by atoms with Gasteiger partial charge in [0.15, 0.2) is 0 Å². The van der Waals surface area contributed by atoms with Crippen molar-refractivity contribution >= 4 is 58.8 Å². The summed E-state index contributed by atoms with van der Waals surface area (Å²) in [6, 6.07) is 0. The van der Waals surface area contributed by atoms with Crippen LogP contribution in [0.15, 0.2) is 0 Å². The third kappa shape index (κ3) is 66.7. The van der Waals surface area contributed by atoms with Crippen LogP contribution in [0.3, 0.4) is 0 Å². The van der Waals surface area contributed by atoms with Gasteiger partial charge in [-0.05, 0) is 166 Å². The predicted molar refractivity (Wildman–Crippen MR) is 586 cm³/mol. The maximum absolute atomic E-state index is 16.1. The molecule has 0 aromatic rings. The molecule has 0 heterocycles. The zero-order valence-electron chi connectivity index (χ0n) is 96.3. The summed E-state index contributed by atoms with van der Waals surface area (Å²) in [6.45, 7) is 52.0. The molecule has 0 aliphatic carbocycles. The molecule has 0 rings (SSSR count). The van der Waals surface area contributed by atoms with Crippen LogP contribution in [0.25, 0.3) is 0 Å². The van der Waals surface area contributed by atoms with Gasteiger partial charge in [-0.3, -0.25) is 57.7 Å². The Morgan fingerprint density at radius 2 is 0.539 bits per heavy atom. The first-order valence-corrected chi connectivity index (χ1v) is 56.6. The zero-order valence-corrected chi connectivity index (χ0v) is 96.3. The molecule has 4 unspecified atom stereocenters. The zero-order chi connectivity index (χ0) is 106. The lowest BCUT2D eigenvalue weighted by molar-refractivity contribution is -0.145. The lowest BCUT2D eigenvalue weighted by atomic mass is 9.67. The molecule has 0 fully saturated rings. The number of Topliss-reactive ketones (excluding diaryl/α,β-unsaturated/α-hetero) is 3. The molecular formula is C112H223N17O12. The highest BCUT2D eigenvalue weighted by Gasteiger charge is 2.46. The highest BCUT2D eigenvalue weighted by Crippen LogP contribution is 2.41. The molecule has 0 spiro atoms. The SMILES string of the molecule is CCCCCCN(CCCCCC)CCN(CCCCCC)CCOC(=O)CCN(C)CCN(C)CCN(C)C(=O)CC(CC(C)(C)C(=O)CC(CC)C(=O)N(C)CCN(C)CCN(C)CCC(=O)OCCN(CCCCCC)CCN(CCCCCC)CCCCCC)C(=O)C(C)(C)CC(CC(=O)C(C)(C)CC(CC(=O)N(C)CCN(C)CCNC)C(=O)NCCCC)C(=O)N(C)CCN(C)CCNC. The summed E-state index contributed by atoms with van der Waals surface area (Å²) in [7, 11) is 22.7. The van der Waals surface area contributed by atoms with Crippen molar-refractivity contribution in [2.75, 3.05) is 301 Å². The summed E-state index contributed by atoms with van der Waals surface area (Å²) in [4.78, 5) is 176. The number of likely N-dealkylation sites (N-methyl/N-ethyl adjacent to an activating group) is 12. The number of nitrogens with one attached hydrogen (secondary N) is 3. The Balaban J connectivity index is 7.13. The fourth-order valence-electron chi connectivity index (χ4n) is 18.3. The number of hydrogen-bond donors (Lipinski definition) is 3. The molecule has 5 amide bonds. The van der Waals surface area contributed by atoms with E-state index in [9.17, 15) is 24.0 Å². The summed E-state index contributed by atoms with van der Waals surface area (Å²) >= 11 is 0. The Morgan fingerprint density at radius 3 is 0.865 bits per heavy atom. The summed E-state index contributed by atoms with van der Waals surface area (Å²) in [5.41, 5.74) is -3.81. The number of rotatable bonds is 97. The molecule has 29 heteroatoms. The molecule has 0 saturated heterocycles. The first-order valence-electron chi connectivity index (χ1n) is 56.6. The molecule has 0 aromatic carbocycles. The Bertz CT molecular complexity index is 3220. The van der Waals surface area contributed by atoms with Crippen molar-refractivity contribution in [2.45, 2.75) is 328 Å². The molecular weight excluding hydrogens is 1780 g/mol. The Labute approximate surface area is 864 Å². The monoisotopic (exact) mass is 2000 g/mol. The summed E-state index contributed by atoms with van der Waals surface area (Å²) in [5, 5.41) is 9.39. The second-order valence-electron chi connectivity index (χ2n) is 44.0. The molecule has 0 saturated carbocycles. The van der Waals surface area contributed by atoms with E-state index in [-0.39, 0.29) is 110 Å². The maximum atomic E-state index is 16.1. The van der Waals surface area contributed by atoms with Gasteiger partial charge in [0.2, 0.25) is 29.5 Å². The van der Waals surface area contributed by atoms with Crippen molar-refractivity contribution < 1.29 is 57.4 Å². The van der Waals surface area contributed by atoms with Crippen molar-refractivity contribution in [2.24, 2.45) is 39.9 Å². The minimum absolute atomic E-state index is 0.0278. The van der Waals surface area contributed by atoms with Crippen molar-refractivity contribution in [1.29, 1.82) is 0 Å². The van der Waals surface area contributed by atoms with Crippen LogP contribution in [-0.2, 0) is 57.4 Å². The molecule has 4 atom stereocenters. The van der Waals surface area contributed by atoms with E-state index in [0.717, 1.165) is 130 Å². The minimum Gasteiger partial charge on any atom is -0.464 e. The Morgan fingerprint density at radius 1 is 0.262 bits per heavy atom. The number of nitrogens with zero attached hydrogens (tertiary/aromatic N) is 14. The minimum atomic E-state index is -1.36. The average molecular weight is 2000 g/mol. The predicted octanol–water partition coefficient (Wildman–Crippen LogP) is 14.7. The Hall–Kier alpha value is -5.18. The number of ether oxygens (including phenoxy) is 2. The summed E-state index contributed by atoms with van der Waals surface area (Å²) in [6.07, 6.45) is 31.4. The van der Waals surface area contributed by atoms with Crippen LogP contribution in [-0.4, -0.2) is 428 Å². The number of carbonyl (C=O) groups excluding carboxylic acids is 10. The van der Waals surface area contributed by atoms with Gasteiger partial charge in [0.05, 0.1) is 12.8 Å². The molecule has 0 radical (unpaired) electrons. The third-order valence-electron chi connectivity index (χ3n) is 29.2. The fourth-order valence-corrected chi connectivity index (χ4v) is 18.3. The molecule has 141 heavy (non-hydrogen) atoms. The Kier molecular flexibility index (Phi) is 79.7. The maximum Gasteiger partial charge on any atom is 0.307 e. The van der Waals surface area contributed by atoms with Crippen LogP contribution < -0.4 is 16.0 Å². The largest absolute Gasteiger partial charge is 0.464 e. The molecule has 0 aromatic heterocycles. The lowest BCUT2D eigenvalue weighted by Gasteiger charge is -2.37. The first kappa shape index (κ1) is 136. The number of amides is 5. The highest BCUT2D eigenvalue weighted by molar-refractivity contribution is 5.95. The van der Waals surface area contributed by atoms with Gasteiger partial charge in [-0.1, -0.05) is 219 Å². The van der Waals surface area contributed by atoms with Gasteiger partial charge >= 0.3 is 11.9 Å². The van der Waals surface area contributed by atoms with Crippen LogP contribution in [0.5, 0.6) is 0 Å². The summed E-state index contributed by atoms with van der Waals surface area (Å²) in [5.74, 6) is -6.18. The van der Waals surface area contributed by atoms with E-state index in [1.165, 1.54) is 141 Å². The van der Waals surface area contributed by atoms with Crippen LogP contribution >= 0.6 is 0 Å². The van der Waals surface area contributed by atoms with Crippen LogP contribution in [0.2, 0.25) is 0 Å². The van der Waals surface area contributed by atoms with Gasteiger partial charge in [-0.15, -0.1) is 0 Å². The van der Waals surface area contributed by atoms with Gasteiger partial charge in [0.1, 0.15) is 30.6 Å². The molecule has 29 nitrogen and oxygen atoms in total. The van der Waals surface area contributed by atoms with Crippen LogP contribution in [0.4, 0.5) is 0 Å². The molecule has 0 aliphatic heterocycles. The van der Waals surface area contributed by atoms with E-state index in [0.29, 0.717) is 124 Å². The van der Waals surface area contributed by atoms with E-state index in [4.69, 9.17) is 9.47 Å². The van der Waals surface area contributed by atoms with Crippen molar-refractivity contribution in [3.05, 3.63) is 0 Å². The first-order chi connectivity index (χ1) is 67.1. The average Bonchev–Trinajstić information content (AvgIpc) is 0.798. The van der Waals surface area contributed by atoms with Gasteiger partial charge in [-0.25, -0.2) is 0 Å². The highest BCUT2D eigenvalue weighted by atomic mass is 16.5. The van der Waals surface area contributed by atoms with Crippen molar-refractivity contribution in [3.8, 4) is 0 Å². The summed E-state index contributed by atoms with van der Waals surface area (Å²) < 4.78 is 11.8. The van der Waals surface area contributed by atoms with Crippen molar-refractivity contribution in [3.63, 3.8) is 0 Å². The quantitative estimate of drug-likeness (QED) is 0.0377. The molecule has 3 N–H and O–H groups in total. The van der Waals surface area contributed by atoms with Gasteiger partial charge in [-0.2, -0.15) is 0 Å². The number of hydrogen-bond acceptors (Lipinski definition) is 24. The topological polar surface area (TPSA) is 271 Å². The number of carbonyl (C=O) groups is 10. The molecule has 0 aliphatic rings. The number of unbranched alkanes of at least 4 members (excludes halogenated alkanes) is 19. The van der Waals surface area contributed by atoms with Crippen molar-refractivity contribution in [1.82, 2.24) is 84.5 Å². The lowest BCUT2D eigenvalue weighted by Crippen LogP contribution is -2.45. The van der Waals surface area contributed by atoms with Gasteiger partial charge < -0.3 is 84.2 Å².